The first-order chi connectivity index (χ1) is 15.1. The predicted octanol–water partition coefficient (Wildman–Crippen LogP) is 7.38. The van der Waals surface area contributed by atoms with E-state index < -0.39 is 0 Å². The number of azide groups is 1. The number of ether oxygens (including phenoxy) is 2. The third-order valence-electron chi connectivity index (χ3n) is 3.93. The van der Waals surface area contributed by atoms with Crippen LogP contribution in [-0.4, -0.2) is 25.9 Å². The van der Waals surface area contributed by atoms with Crippen LogP contribution in [0.3, 0.4) is 0 Å². The van der Waals surface area contributed by atoms with Crippen molar-refractivity contribution in [2.45, 2.75) is 6.92 Å². The standard InChI is InChI=1S/C20H16ClN5O2.C2H6O/c1-27-17-12-16(24-23-15-6-4-3-5-7-15)19(25-26-22)18(20(17)28-2)13-8-10-14(21)11-9-13;1-2-3/h3-12H,1-2H3;3H,2H2,1H3. The number of aliphatic hydroxyl groups excluding tert-OH is 1. The maximum absolute atomic E-state index is 9.13. The van der Waals surface area contributed by atoms with Crippen molar-refractivity contribution < 1.29 is 14.6 Å². The summed E-state index contributed by atoms with van der Waals surface area (Å²) in [7, 11) is 3.04. The van der Waals surface area contributed by atoms with Crippen molar-refractivity contribution in [1.82, 2.24) is 0 Å². The van der Waals surface area contributed by atoms with E-state index in [0.717, 1.165) is 5.56 Å². The van der Waals surface area contributed by atoms with E-state index in [1.165, 1.54) is 14.2 Å². The topological polar surface area (TPSA) is 112 Å². The highest BCUT2D eigenvalue weighted by molar-refractivity contribution is 6.30. The fraction of sp³-hybridized carbons (Fsp3) is 0.182. The number of rotatable bonds is 6. The minimum absolute atomic E-state index is 0.250. The van der Waals surface area contributed by atoms with Crippen LogP contribution in [0.15, 0.2) is 76.0 Å². The molecule has 160 valence electrons. The summed E-state index contributed by atoms with van der Waals surface area (Å²) in [5.74, 6) is 0.859. The van der Waals surface area contributed by atoms with Gasteiger partial charge in [0.15, 0.2) is 11.5 Å². The van der Waals surface area contributed by atoms with Gasteiger partial charge in [0.25, 0.3) is 0 Å². The molecule has 0 saturated carbocycles. The van der Waals surface area contributed by atoms with E-state index in [0.29, 0.717) is 33.5 Å². The Hall–Kier alpha value is -3.58. The van der Waals surface area contributed by atoms with Gasteiger partial charge in [0.2, 0.25) is 0 Å². The molecule has 0 saturated heterocycles. The lowest BCUT2D eigenvalue weighted by Gasteiger charge is -2.17. The van der Waals surface area contributed by atoms with Gasteiger partial charge < -0.3 is 14.6 Å². The van der Waals surface area contributed by atoms with Gasteiger partial charge in [0.1, 0.15) is 0 Å². The lowest BCUT2D eigenvalue weighted by atomic mass is 10.0. The quantitative estimate of drug-likeness (QED) is 0.245. The maximum atomic E-state index is 9.13. The van der Waals surface area contributed by atoms with Gasteiger partial charge in [0.05, 0.1) is 31.3 Å². The highest BCUT2D eigenvalue weighted by atomic mass is 35.5. The van der Waals surface area contributed by atoms with Crippen molar-refractivity contribution in [3.05, 3.63) is 76.1 Å². The van der Waals surface area contributed by atoms with Crippen molar-refractivity contribution in [3.63, 3.8) is 0 Å². The van der Waals surface area contributed by atoms with Crippen molar-refractivity contribution in [3.8, 4) is 22.6 Å². The molecular weight excluding hydrogens is 418 g/mol. The number of halogens is 1. The Kier molecular flexibility index (Phi) is 9.32. The van der Waals surface area contributed by atoms with Gasteiger partial charge >= 0.3 is 0 Å². The second-order valence-corrected chi connectivity index (χ2v) is 6.34. The lowest BCUT2D eigenvalue weighted by molar-refractivity contribution is 0.318. The summed E-state index contributed by atoms with van der Waals surface area (Å²) < 4.78 is 11.0. The number of hydrogen-bond acceptors (Lipinski definition) is 6. The van der Waals surface area contributed by atoms with E-state index in [2.05, 4.69) is 20.3 Å². The molecule has 8 nitrogen and oxygen atoms in total. The third kappa shape index (κ3) is 6.20. The number of nitrogens with zero attached hydrogens (tertiary/aromatic N) is 5. The number of benzene rings is 3. The van der Waals surface area contributed by atoms with Gasteiger partial charge in [-0.15, -0.1) is 5.11 Å². The third-order valence-corrected chi connectivity index (χ3v) is 4.18. The molecule has 0 aliphatic rings. The molecule has 0 aromatic heterocycles. The average Bonchev–Trinajstić information content (AvgIpc) is 2.79. The molecule has 3 rings (SSSR count). The molecule has 0 atom stereocenters. The van der Waals surface area contributed by atoms with Crippen molar-refractivity contribution >= 4 is 28.7 Å². The molecule has 0 fully saturated rings. The van der Waals surface area contributed by atoms with E-state index in [4.69, 9.17) is 31.7 Å². The monoisotopic (exact) mass is 439 g/mol. The van der Waals surface area contributed by atoms with Crippen LogP contribution in [0.1, 0.15) is 6.92 Å². The first-order valence-electron chi connectivity index (χ1n) is 9.27. The van der Waals surface area contributed by atoms with E-state index in [1.54, 1.807) is 37.3 Å². The molecule has 0 amide bonds. The summed E-state index contributed by atoms with van der Waals surface area (Å²) in [6.45, 7) is 1.93. The summed E-state index contributed by atoms with van der Waals surface area (Å²) in [6.07, 6.45) is 0. The minimum atomic E-state index is 0.250. The van der Waals surface area contributed by atoms with Gasteiger partial charge in [-0.1, -0.05) is 47.0 Å². The fourth-order valence-electron chi connectivity index (χ4n) is 2.68. The van der Waals surface area contributed by atoms with Crippen LogP contribution in [0.25, 0.3) is 21.6 Å². The largest absolute Gasteiger partial charge is 0.493 e. The Labute approximate surface area is 185 Å². The minimum Gasteiger partial charge on any atom is -0.493 e. The molecule has 0 bridgehead atoms. The number of azo groups is 1. The molecule has 3 aromatic carbocycles. The van der Waals surface area contributed by atoms with Gasteiger partial charge in [-0.3, -0.25) is 0 Å². The zero-order valence-electron chi connectivity index (χ0n) is 17.4. The van der Waals surface area contributed by atoms with Crippen LogP contribution in [0, 0.1) is 0 Å². The van der Waals surface area contributed by atoms with Gasteiger partial charge in [0, 0.05) is 28.2 Å². The number of aliphatic hydroxyl groups is 1. The smallest absolute Gasteiger partial charge is 0.169 e. The molecule has 31 heavy (non-hydrogen) atoms. The van der Waals surface area contributed by atoms with E-state index in [1.807, 2.05) is 30.3 Å². The van der Waals surface area contributed by atoms with Gasteiger partial charge in [-0.2, -0.15) is 5.11 Å². The van der Waals surface area contributed by atoms with Crippen molar-refractivity contribution in [1.29, 1.82) is 0 Å². The summed E-state index contributed by atoms with van der Waals surface area (Å²) >= 11 is 6.01. The summed E-state index contributed by atoms with van der Waals surface area (Å²) in [4.78, 5) is 2.96. The van der Waals surface area contributed by atoms with Gasteiger partial charge in [-0.25, -0.2) is 0 Å². The maximum Gasteiger partial charge on any atom is 0.169 e. The first kappa shape index (κ1) is 23.7. The molecule has 0 aliphatic heterocycles. The Morgan fingerprint density at radius 1 is 1.00 bits per heavy atom. The molecule has 0 spiro atoms. The van der Waals surface area contributed by atoms with Crippen LogP contribution in [0.2, 0.25) is 5.02 Å². The van der Waals surface area contributed by atoms with Crippen LogP contribution < -0.4 is 9.47 Å². The lowest BCUT2D eigenvalue weighted by Crippen LogP contribution is -1.94. The second kappa shape index (κ2) is 12.2. The van der Waals surface area contributed by atoms with Crippen LogP contribution in [-0.2, 0) is 0 Å². The SMILES string of the molecule is CCO.COc1cc(N=Nc2ccccc2)c(N=[N+]=[N-])c(-c2ccc(Cl)cc2)c1OC. The van der Waals surface area contributed by atoms with Gasteiger partial charge in [-0.05, 0) is 42.3 Å². The molecule has 1 N–H and O–H groups in total. The fourth-order valence-corrected chi connectivity index (χ4v) is 2.81. The van der Waals surface area contributed by atoms with Crippen LogP contribution in [0.4, 0.5) is 17.1 Å². The molecule has 9 heteroatoms. The summed E-state index contributed by atoms with van der Waals surface area (Å²) in [5, 5.41) is 20.5. The Bertz CT molecular complexity index is 1070. The number of methoxy groups -OCH3 is 2. The molecule has 0 unspecified atom stereocenters. The predicted molar refractivity (Wildman–Crippen MR) is 122 cm³/mol. The van der Waals surface area contributed by atoms with Crippen LogP contribution in [0.5, 0.6) is 11.5 Å². The molecule has 0 heterocycles. The Balaban J connectivity index is 0.00000107. The summed E-state index contributed by atoms with van der Waals surface area (Å²) in [5.41, 5.74) is 11.7. The molecular formula is C22H22ClN5O3. The summed E-state index contributed by atoms with van der Waals surface area (Å²) in [6, 6.07) is 17.9. The average molecular weight is 440 g/mol. The van der Waals surface area contributed by atoms with Crippen molar-refractivity contribution in [2.75, 3.05) is 20.8 Å². The van der Waals surface area contributed by atoms with Crippen LogP contribution >= 0.6 is 11.6 Å². The molecule has 0 radical (unpaired) electrons. The second-order valence-electron chi connectivity index (χ2n) is 5.90. The normalized spacial score (nSPS) is 10.1. The van der Waals surface area contributed by atoms with E-state index >= 15 is 0 Å². The highest BCUT2D eigenvalue weighted by Crippen LogP contribution is 2.50. The Morgan fingerprint density at radius 2 is 1.65 bits per heavy atom. The molecule has 0 aliphatic carbocycles. The number of hydrogen-bond donors (Lipinski definition) is 1. The molecule has 3 aromatic rings. The van der Waals surface area contributed by atoms with E-state index in [-0.39, 0.29) is 12.3 Å². The van der Waals surface area contributed by atoms with E-state index in [9.17, 15) is 0 Å². The zero-order chi connectivity index (χ0) is 22.6. The Morgan fingerprint density at radius 3 is 2.19 bits per heavy atom. The highest BCUT2D eigenvalue weighted by Gasteiger charge is 2.20. The van der Waals surface area contributed by atoms with Crippen molar-refractivity contribution in [2.24, 2.45) is 15.3 Å². The zero-order valence-corrected chi connectivity index (χ0v) is 18.1. The first-order valence-corrected chi connectivity index (χ1v) is 9.65.